The molecule has 0 aromatic heterocycles. The zero-order chi connectivity index (χ0) is 13.9. The molecule has 1 fully saturated rings. The zero-order valence-corrected chi connectivity index (χ0v) is 13.9. The van der Waals surface area contributed by atoms with Crippen molar-refractivity contribution in [2.24, 2.45) is 0 Å². The second-order valence-electron chi connectivity index (χ2n) is 6.32. The van der Waals surface area contributed by atoms with Crippen molar-refractivity contribution in [2.45, 2.75) is 95.9 Å². The lowest BCUT2D eigenvalue weighted by atomic mass is 10.0. The average molecular weight is 288 g/mol. The lowest BCUT2D eigenvalue weighted by Crippen LogP contribution is -2.37. The molecule has 2 atom stereocenters. The maximum atomic E-state index is 6.22. The van der Waals surface area contributed by atoms with Crippen LogP contribution in [-0.2, 0) is 0 Å². The molecule has 0 radical (unpaired) electrons. The van der Waals surface area contributed by atoms with Gasteiger partial charge in [-0.3, -0.25) is 0 Å². The number of hydrogen-bond acceptors (Lipinski definition) is 1. The van der Waals surface area contributed by atoms with Crippen LogP contribution in [0.15, 0.2) is 0 Å². The van der Waals surface area contributed by atoms with Crippen LogP contribution in [-0.4, -0.2) is 29.4 Å². The Kier molecular flexibility index (Phi) is 9.99. The van der Waals surface area contributed by atoms with Crippen molar-refractivity contribution >= 4 is 11.6 Å². The van der Waals surface area contributed by atoms with Gasteiger partial charge in [-0.15, -0.1) is 11.6 Å². The number of rotatable bonds is 9. The fourth-order valence-electron chi connectivity index (χ4n) is 3.27. The maximum Gasteiger partial charge on any atom is 0.0322 e. The third kappa shape index (κ3) is 8.19. The Bertz CT molecular complexity index is 205. The summed E-state index contributed by atoms with van der Waals surface area (Å²) in [4.78, 5) is 2.74. The second-order valence-corrected chi connectivity index (χ2v) is 7.07. The van der Waals surface area contributed by atoms with E-state index in [2.05, 4.69) is 18.7 Å². The van der Waals surface area contributed by atoms with Crippen LogP contribution in [0, 0.1) is 0 Å². The van der Waals surface area contributed by atoms with Crippen LogP contribution in [0.2, 0.25) is 0 Å². The molecule has 0 aromatic carbocycles. The summed E-state index contributed by atoms with van der Waals surface area (Å²) in [5.74, 6) is 0. The van der Waals surface area contributed by atoms with Crippen molar-refractivity contribution in [3.63, 3.8) is 0 Å². The van der Waals surface area contributed by atoms with E-state index >= 15 is 0 Å². The highest BCUT2D eigenvalue weighted by Crippen LogP contribution is 2.22. The quantitative estimate of drug-likeness (QED) is 0.393. The van der Waals surface area contributed by atoms with E-state index in [1.165, 1.54) is 83.7 Å². The molecule has 1 aliphatic heterocycles. The number of hydrogen-bond donors (Lipinski definition) is 0. The van der Waals surface area contributed by atoms with E-state index in [0.29, 0.717) is 5.38 Å². The Morgan fingerprint density at radius 2 is 1.79 bits per heavy atom. The van der Waals surface area contributed by atoms with Gasteiger partial charge < -0.3 is 4.90 Å². The third-order valence-electron chi connectivity index (χ3n) is 4.39. The molecule has 1 nitrogen and oxygen atoms in total. The summed E-state index contributed by atoms with van der Waals surface area (Å²) in [5, 5.41) is 0.329. The summed E-state index contributed by atoms with van der Waals surface area (Å²) in [6.07, 6.45) is 15.2. The van der Waals surface area contributed by atoms with Crippen LogP contribution >= 0.6 is 11.6 Å². The van der Waals surface area contributed by atoms with E-state index in [0.717, 1.165) is 6.04 Å². The van der Waals surface area contributed by atoms with Gasteiger partial charge in [0.25, 0.3) is 0 Å². The van der Waals surface area contributed by atoms with Crippen LogP contribution < -0.4 is 0 Å². The summed E-state index contributed by atoms with van der Waals surface area (Å²) >= 11 is 6.22. The van der Waals surface area contributed by atoms with Crippen molar-refractivity contribution in [1.29, 1.82) is 0 Å². The Labute approximate surface area is 126 Å². The summed E-state index contributed by atoms with van der Waals surface area (Å²) in [6.45, 7) is 7.05. The molecule has 2 unspecified atom stereocenters. The summed E-state index contributed by atoms with van der Waals surface area (Å²) < 4.78 is 0. The van der Waals surface area contributed by atoms with Crippen molar-refractivity contribution in [1.82, 2.24) is 4.90 Å². The van der Waals surface area contributed by atoms with Gasteiger partial charge >= 0.3 is 0 Å². The molecule has 2 heteroatoms. The van der Waals surface area contributed by atoms with Gasteiger partial charge in [0.15, 0.2) is 0 Å². The van der Waals surface area contributed by atoms with Crippen LogP contribution in [0.3, 0.4) is 0 Å². The molecule has 19 heavy (non-hydrogen) atoms. The molecule has 0 aliphatic carbocycles. The molecule has 0 aromatic rings. The number of alkyl halides is 1. The van der Waals surface area contributed by atoms with Crippen LogP contribution in [0.25, 0.3) is 0 Å². The fourth-order valence-corrected chi connectivity index (χ4v) is 3.47. The molecule has 1 heterocycles. The molecule has 1 saturated heterocycles. The molecule has 1 aliphatic rings. The van der Waals surface area contributed by atoms with Crippen LogP contribution in [0.4, 0.5) is 0 Å². The van der Waals surface area contributed by atoms with E-state index in [1.807, 2.05) is 0 Å². The number of halogens is 1. The smallest absolute Gasteiger partial charge is 0.0322 e. The van der Waals surface area contributed by atoms with E-state index in [4.69, 9.17) is 11.6 Å². The number of nitrogens with zero attached hydrogens (tertiary/aromatic N) is 1. The first kappa shape index (κ1) is 17.3. The second kappa shape index (κ2) is 11.0. The van der Waals surface area contributed by atoms with Crippen LogP contribution in [0.5, 0.6) is 0 Å². The fraction of sp³-hybridized carbons (Fsp3) is 1.00. The van der Waals surface area contributed by atoms with Gasteiger partial charge in [-0.05, 0) is 45.7 Å². The first-order valence-electron chi connectivity index (χ1n) is 8.62. The van der Waals surface area contributed by atoms with Crippen molar-refractivity contribution in [3.05, 3.63) is 0 Å². The van der Waals surface area contributed by atoms with E-state index < -0.39 is 0 Å². The zero-order valence-electron chi connectivity index (χ0n) is 13.2. The van der Waals surface area contributed by atoms with Gasteiger partial charge in [-0.1, -0.05) is 51.9 Å². The molecular weight excluding hydrogens is 254 g/mol. The van der Waals surface area contributed by atoms with E-state index in [1.54, 1.807) is 0 Å². The van der Waals surface area contributed by atoms with Crippen molar-refractivity contribution in [3.8, 4) is 0 Å². The predicted octanol–water partition coefficient (Wildman–Crippen LogP) is 5.61. The highest BCUT2D eigenvalue weighted by molar-refractivity contribution is 6.20. The Morgan fingerprint density at radius 3 is 2.53 bits per heavy atom. The normalized spacial score (nSPS) is 23.2. The van der Waals surface area contributed by atoms with Crippen molar-refractivity contribution < 1.29 is 0 Å². The van der Waals surface area contributed by atoms with Gasteiger partial charge in [0.2, 0.25) is 0 Å². The Hall–Kier alpha value is 0.250. The molecule has 0 saturated carbocycles. The minimum absolute atomic E-state index is 0.329. The van der Waals surface area contributed by atoms with Crippen LogP contribution in [0.1, 0.15) is 84.5 Å². The van der Waals surface area contributed by atoms with Gasteiger partial charge in [0, 0.05) is 11.4 Å². The first-order chi connectivity index (χ1) is 9.24. The SMILES string of the molecule is CCCCCCCCN1CCCCCC1CC(C)Cl. The summed E-state index contributed by atoms with van der Waals surface area (Å²) in [5.41, 5.74) is 0. The lowest BCUT2D eigenvalue weighted by molar-refractivity contribution is 0.186. The molecule has 0 amide bonds. The first-order valence-corrected chi connectivity index (χ1v) is 9.05. The molecule has 1 rings (SSSR count). The van der Waals surface area contributed by atoms with Gasteiger partial charge in [0.05, 0.1) is 0 Å². The molecule has 114 valence electrons. The summed E-state index contributed by atoms with van der Waals surface area (Å²) in [6, 6.07) is 0.755. The van der Waals surface area contributed by atoms with Gasteiger partial charge in [-0.25, -0.2) is 0 Å². The largest absolute Gasteiger partial charge is 0.300 e. The van der Waals surface area contributed by atoms with E-state index in [-0.39, 0.29) is 0 Å². The van der Waals surface area contributed by atoms with Gasteiger partial charge in [0.1, 0.15) is 0 Å². The Balaban J connectivity index is 2.22. The third-order valence-corrected chi connectivity index (χ3v) is 4.57. The minimum Gasteiger partial charge on any atom is -0.300 e. The number of likely N-dealkylation sites (tertiary alicyclic amines) is 1. The summed E-state index contributed by atoms with van der Waals surface area (Å²) in [7, 11) is 0. The molecular formula is C17H34ClN. The monoisotopic (exact) mass is 287 g/mol. The topological polar surface area (TPSA) is 3.24 Å². The average Bonchev–Trinajstić information content (AvgIpc) is 2.59. The molecule has 0 N–H and O–H groups in total. The lowest BCUT2D eigenvalue weighted by Gasteiger charge is -2.30. The number of unbranched alkanes of at least 4 members (excludes halogenated alkanes) is 5. The minimum atomic E-state index is 0.329. The van der Waals surface area contributed by atoms with Gasteiger partial charge in [-0.2, -0.15) is 0 Å². The molecule has 0 spiro atoms. The predicted molar refractivity (Wildman–Crippen MR) is 87.1 cm³/mol. The highest BCUT2D eigenvalue weighted by Gasteiger charge is 2.21. The molecule has 0 bridgehead atoms. The van der Waals surface area contributed by atoms with E-state index in [9.17, 15) is 0 Å². The van der Waals surface area contributed by atoms with Crippen molar-refractivity contribution in [2.75, 3.05) is 13.1 Å². The maximum absolute atomic E-state index is 6.22. The Morgan fingerprint density at radius 1 is 1.05 bits per heavy atom. The standard InChI is InChI=1S/C17H34ClN/c1-3-4-5-6-7-10-13-19-14-11-8-9-12-17(19)15-16(2)18/h16-17H,3-15H2,1-2H3. The highest BCUT2D eigenvalue weighted by atomic mass is 35.5.